The summed E-state index contributed by atoms with van der Waals surface area (Å²) in [4.78, 5) is 5.02. The molecule has 2 aliphatic heterocycles. The Morgan fingerprint density at radius 1 is 0.429 bits per heavy atom. The zero-order chi connectivity index (χ0) is 33.1. The first kappa shape index (κ1) is 29.4. The third-order valence-electron chi connectivity index (χ3n) is 10.2. The molecule has 9 rings (SSSR count). The second-order valence-corrected chi connectivity index (χ2v) is 14.2. The smallest absolute Gasteiger partial charge is 0.252 e. The molecule has 0 radical (unpaired) electrons. The lowest BCUT2D eigenvalue weighted by molar-refractivity contribution is 0.591. The first-order chi connectivity index (χ1) is 24.0. The molecule has 49 heavy (non-hydrogen) atoms. The molecule has 234 valence electrons. The van der Waals surface area contributed by atoms with Crippen LogP contribution in [0.5, 0.6) is 0 Å². The van der Waals surface area contributed by atoms with Crippen LogP contribution >= 0.6 is 0 Å². The van der Waals surface area contributed by atoms with Crippen LogP contribution in [-0.2, 0) is 5.41 Å². The van der Waals surface area contributed by atoms with Gasteiger partial charge in [-0.2, -0.15) is 0 Å². The van der Waals surface area contributed by atoms with E-state index < -0.39 is 0 Å². The Hall–Kier alpha value is -5.80. The Kier molecular flexibility index (Phi) is 6.84. The van der Waals surface area contributed by atoms with E-state index in [0.717, 1.165) is 5.69 Å². The molecule has 7 aromatic rings. The van der Waals surface area contributed by atoms with Gasteiger partial charge in [0.05, 0.1) is 5.69 Å². The number of fused-ring (bicyclic) bond motifs is 4. The minimum Gasteiger partial charge on any atom is -0.311 e. The molecular formula is C46H37BN2. The Balaban J connectivity index is 1.41. The van der Waals surface area contributed by atoms with Gasteiger partial charge in [-0.3, -0.25) is 0 Å². The highest BCUT2D eigenvalue weighted by molar-refractivity contribution is 7.00. The molecule has 2 heterocycles. The summed E-state index contributed by atoms with van der Waals surface area (Å²) < 4.78 is 0. The highest BCUT2D eigenvalue weighted by Gasteiger charge is 2.43. The molecular weight excluding hydrogens is 591 g/mol. The van der Waals surface area contributed by atoms with Gasteiger partial charge in [-0.25, -0.2) is 0 Å². The maximum atomic E-state index is 2.57. The Morgan fingerprint density at radius 3 is 1.39 bits per heavy atom. The number of hydrogen-bond acceptors (Lipinski definition) is 2. The lowest BCUT2D eigenvalue weighted by Gasteiger charge is -2.45. The number of para-hydroxylation sites is 3. The van der Waals surface area contributed by atoms with Crippen molar-refractivity contribution in [1.82, 2.24) is 0 Å². The van der Waals surface area contributed by atoms with Crippen LogP contribution in [0.3, 0.4) is 0 Å². The largest absolute Gasteiger partial charge is 0.311 e. The fourth-order valence-electron chi connectivity index (χ4n) is 7.92. The molecule has 0 atom stereocenters. The lowest BCUT2D eigenvalue weighted by atomic mass is 9.33. The molecule has 2 aliphatic rings. The second kappa shape index (κ2) is 11.4. The molecule has 0 spiro atoms. The molecule has 0 fully saturated rings. The summed E-state index contributed by atoms with van der Waals surface area (Å²) in [7, 11) is 0. The Bertz CT molecular complexity index is 2260. The van der Waals surface area contributed by atoms with Crippen LogP contribution in [0, 0.1) is 0 Å². The number of benzene rings is 7. The average Bonchev–Trinajstić information content (AvgIpc) is 3.15. The van der Waals surface area contributed by atoms with Gasteiger partial charge in [0.1, 0.15) is 0 Å². The van der Waals surface area contributed by atoms with Crippen LogP contribution in [-0.4, -0.2) is 6.71 Å². The van der Waals surface area contributed by atoms with E-state index in [-0.39, 0.29) is 12.1 Å². The molecule has 7 aromatic carbocycles. The van der Waals surface area contributed by atoms with Crippen LogP contribution < -0.4 is 26.2 Å². The fraction of sp³-hybridized carbons (Fsp3) is 0.0870. The Morgan fingerprint density at radius 2 is 0.857 bits per heavy atom. The van der Waals surface area contributed by atoms with E-state index in [9.17, 15) is 0 Å². The van der Waals surface area contributed by atoms with Gasteiger partial charge >= 0.3 is 0 Å². The normalized spacial score (nSPS) is 13.1. The minimum absolute atomic E-state index is 0.0394. The van der Waals surface area contributed by atoms with Gasteiger partial charge in [0.25, 0.3) is 6.71 Å². The third-order valence-corrected chi connectivity index (χ3v) is 10.2. The molecule has 0 saturated heterocycles. The van der Waals surface area contributed by atoms with E-state index >= 15 is 0 Å². The zero-order valence-electron chi connectivity index (χ0n) is 28.1. The molecule has 0 N–H and O–H groups in total. The minimum atomic E-state index is -0.0394. The number of anilines is 6. The maximum absolute atomic E-state index is 2.57. The van der Waals surface area contributed by atoms with Crippen LogP contribution in [0.15, 0.2) is 170 Å². The fourth-order valence-corrected chi connectivity index (χ4v) is 7.92. The van der Waals surface area contributed by atoms with E-state index in [1.54, 1.807) is 0 Å². The lowest BCUT2D eigenvalue weighted by Crippen LogP contribution is -2.61. The Labute approximate surface area is 290 Å². The molecule has 0 saturated carbocycles. The molecule has 0 aliphatic carbocycles. The van der Waals surface area contributed by atoms with Crippen molar-refractivity contribution in [3.63, 3.8) is 0 Å². The van der Waals surface area contributed by atoms with Gasteiger partial charge in [-0.05, 0) is 87.0 Å². The van der Waals surface area contributed by atoms with Crippen molar-refractivity contribution in [3.05, 3.63) is 175 Å². The highest BCUT2D eigenvalue weighted by atomic mass is 15.2. The van der Waals surface area contributed by atoms with Crippen LogP contribution in [0.1, 0.15) is 26.3 Å². The average molecular weight is 629 g/mol. The zero-order valence-corrected chi connectivity index (χ0v) is 28.1. The summed E-state index contributed by atoms with van der Waals surface area (Å²) in [5, 5.41) is 0. The number of rotatable bonds is 4. The number of nitrogens with zero attached hydrogens (tertiary/aromatic N) is 2. The van der Waals surface area contributed by atoms with Gasteiger partial charge in [-0.1, -0.05) is 142 Å². The van der Waals surface area contributed by atoms with E-state index in [2.05, 4.69) is 200 Å². The predicted molar refractivity (Wildman–Crippen MR) is 210 cm³/mol. The van der Waals surface area contributed by atoms with Crippen molar-refractivity contribution in [2.75, 3.05) is 9.80 Å². The molecule has 0 amide bonds. The van der Waals surface area contributed by atoms with Crippen molar-refractivity contribution in [2.24, 2.45) is 0 Å². The summed E-state index contributed by atoms with van der Waals surface area (Å²) in [5.74, 6) is 0. The van der Waals surface area contributed by atoms with Crippen molar-refractivity contribution in [1.29, 1.82) is 0 Å². The van der Waals surface area contributed by atoms with Gasteiger partial charge in [0.2, 0.25) is 0 Å². The van der Waals surface area contributed by atoms with E-state index in [0.29, 0.717) is 0 Å². The van der Waals surface area contributed by atoms with Crippen molar-refractivity contribution in [3.8, 4) is 22.3 Å². The summed E-state index contributed by atoms with van der Waals surface area (Å²) in [5.41, 5.74) is 17.4. The topological polar surface area (TPSA) is 6.48 Å². The van der Waals surface area contributed by atoms with E-state index in [1.807, 2.05) is 0 Å². The van der Waals surface area contributed by atoms with Crippen LogP contribution in [0.4, 0.5) is 34.1 Å². The van der Waals surface area contributed by atoms with Gasteiger partial charge in [0, 0.05) is 39.6 Å². The van der Waals surface area contributed by atoms with E-state index in [4.69, 9.17) is 0 Å². The molecule has 0 bridgehead atoms. The SMILES string of the molecule is CC(C)(C)c1cc(-c2ccccc2)c(N2c3ccccc3B3c4ccccc4N(c4ccccc4)c4cccc2c43)c(-c2ccccc2)c1. The third kappa shape index (κ3) is 4.72. The standard InChI is InChI=1S/C46H37BN2/c1-46(2,3)34-30-36(32-18-7-4-8-19-32)45(37(31-34)33-20-9-5-10-21-33)49-41-27-16-14-25-39(41)47-38-24-13-15-26-40(38)48(35-22-11-6-12-23-35)42-28-17-29-43(49)44(42)47/h4-31H,1-3H3. The molecule has 2 nitrogen and oxygen atoms in total. The molecule has 3 heteroatoms. The molecule has 0 unspecified atom stereocenters. The quantitative estimate of drug-likeness (QED) is 0.179. The van der Waals surface area contributed by atoms with Gasteiger partial charge in [0.15, 0.2) is 0 Å². The van der Waals surface area contributed by atoms with Crippen molar-refractivity contribution < 1.29 is 0 Å². The summed E-state index contributed by atoms with van der Waals surface area (Å²) in [6.07, 6.45) is 0. The first-order valence-corrected chi connectivity index (χ1v) is 17.2. The van der Waals surface area contributed by atoms with Gasteiger partial charge < -0.3 is 9.80 Å². The number of hydrogen-bond donors (Lipinski definition) is 0. The second-order valence-electron chi connectivity index (χ2n) is 14.2. The van der Waals surface area contributed by atoms with Crippen molar-refractivity contribution >= 4 is 57.2 Å². The first-order valence-electron chi connectivity index (χ1n) is 17.2. The predicted octanol–water partition coefficient (Wildman–Crippen LogP) is 10.4. The summed E-state index contributed by atoms with van der Waals surface area (Å²) >= 11 is 0. The summed E-state index contributed by atoms with van der Waals surface area (Å²) in [6, 6.07) is 62.4. The monoisotopic (exact) mass is 628 g/mol. The van der Waals surface area contributed by atoms with Gasteiger partial charge in [-0.15, -0.1) is 0 Å². The maximum Gasteiger partial charge on any atom is 0.252 e. The van der Waals surface area contributed by atoms with E-state index in [1.165, 1.54) is 72.6 Å². The summed E-state index contributed by atoms with van der Waals surface area (Å²) in [6.45, 7) is 7.05. The van der Waals surface area contributed by atoms with Crippen molar-refractivity contribution in [2.45, 2.75) is 26.2 Å². The van der Waals surface area contributed by atoms with Crippen LogP contribution in [0.2, 0.25) is 0 Å². The molecule has 0 aromatic heterocycles. The highest BCUT2D eigenvalue weighted by Crippen LogP contribution is 2.50. The van der Waals surface area contributed by atoms with Crippen LogP contribution in [0.25, 0.3) is 22.3 Å².